The van der Waals surface area contributed by atoms with E-state index < -0.39 is 4.92 Å². The summed E-state index contributed by atoms with van der Waals surface area (Å²) in [6.07, 6.45) is 0. The molecular formula is C7H5ClINO2. The molecule has 1 aromatic carbocycles. The first-order chi connectivity index (χ1) is 5.52. The third kappa shape index (κ3) is 1.87. The van der Waals surface area contributed by atoms with Crippen LogP contribution in [0.15, 0.2) is 12.1 Å². The minimum atomic E-state index is -0.433. The number of benzene rings is 1. The van der Waals surface area contributed by atoms with Gasteiger partial charge in [0.15, 0.2) is 0 Å². The van der Waals surface area contributed by atoms with E-state index in [-0.39, 0.29) is 5.69 Å². The van der Waals surface area contributed by atoms with Crippen LogP contribution in [0.5, 0.6) is 0 Å². The van der Waals surface area contributed by atoms with Crippen molar-refractivity contribution >= 4 is 39.9 Å². The van der Waals surface area contributed by atoms with Crippen molar-refractivity contribution in [3.8, 4) is 0 Å². The van der Waals surface area contributed by atoms with Crippen molar-refractivity contribution < 1.29 is 4.92 Å². The second kappa shape index (κ2) is 3.57. The summed E-state index contributed by atoms with van der Waals surface area (Å²) in [6.45, 7) is 1.69. The van der Waals surface area contributed by atoms with Gasteiger partial charge in [0.05, 0.1) is 9.95 Å². The van der Waals surface area contributed by atoms with Crippen molar-refractivity contribution in [1.82, 2.24) is 0 Å². The lowest BCUT2D eigenvalue weighted by molar-refractivity contribution is -0.385. The van der Waals surface area contributed by atoms with Gasteiger partial charge in [-0.2, -0.15) is 0 Å². The number of nitro groups is 1. The lowest BCUT2D eigenvalue weighted by atomic mass is 10.2. The number of aryl methyl sites for hydroxylation is 1. The van der Waals surface area contributed by atoms with Crippen LogP contribution in [0.1, 0.15) is 5.56 Å². The standard InChI is InChI=1S/C7H5ClINO2/c1-4-2-6(9)5(8)3-7(4)10(11)12/h2-3H,1H3. The minimum Gasteiger partial charge on any atom is -0.258 e. The van der Waals surface area contributed by atoms with Crippen molar-refractivity contribution in [2.45, 2.75) is 6.92 Å². The average molecular weight is 297 g/mol. The van der Waals surface area contributed by atoms with E-state index in [1.54, 1.807) is 13.0 Å². The SMILES string of the molecule is Cc1cc(I)c(Cl)cc1[N+](=O)[O-]. The Hall–Kier alpha value is -0.360. The lowest BCUT2D eigenvalue weighted by Crippen LogP contribution is -1.92. The number of nitro benzene ring substituents is 1. The van der Waals surface area contributed by atoms with Crippen LogP contribution in [0.4, 0.5) is 5.69 Å². The number of hydrogen-bond donors (Lipinski definition) is 0. The quantitative estimate of drug-likeness (QED) is 0.454. The van der Waals surface area contributed by atoms with Gasteiger partial charge < -0.3 is 0 Å². The van der Waals surface area contributed by atoms with Crippen LogP contribution in [0.2, 0.25) is 5.02 Å². The highest BCUT2D eigenvalue weighted by molar-refractivity contribution is 14.1. The molecule has 0 atom stereocenters. The molecule has 12 heavy (non-hydrogen) atoms. The normalized spacial score (nSPS) is 9.92. The molecule has 0 N–H and O–H groups in total. The molecule has 0 radical (unpaired) electrons. The number of halogens is 2. The molecule has 0 aliphatic rings. The first-order valence-corrected chi connectivity index (χ1v) is 4.58. The van der Waals surface area contributed by atoms with Crippen LogP contribution in [0.25, 0.3) is 0 Å². The van der Waals surface area contributed by atoms with E-state index in [0.29, 0.717) is 10.6 Å². The molecule has 0 aromatic heterocycles. The molecule has 0 aliphatic heterocycles. The molecule has 0 heterocycles. The number of hydrogen-bond acceptors (Lipinski definition) is 2. The third-order valence-electron chi connectivity index (χ3n) is 1.44. The Morgan fingerprint density at radius 3 is 2.67 bits per heavy atom. The predicted octanol–water partition coefficient (Wildman–Crippen LogP) is 3.16. The molecule has 0 spiro atoms. The Morgan fingerprint density at radius 1 is 1.58 bits per heavy atom. The van der Waals surface area contributed by atoms with Crippen LogP contribution in [0.3, 0.4) is 0 Å². The van der Waals surface area contributed by atoms with E-state index in [2.05, 4.69) is 0 Å². The highest BCUT2D eigenvalue weighted by Crippen LogP contribution is 2.27. The zero-order chi connectivity index (χ0) is 9.30. The smallest absolute Gasteiger partial charge is 0.258 e. The van der Waals surface area contributed by atoms with Gasteiger partial charge in [0.1, 0.15) is 0 Å². The van der Waals surface area contributed by atoms with Gasteiger partial charge in [-0.1, -0.05) is 11.6 Å². The Bertz CT molecular complexity index is 340. The molecule has 3 nitrogen and oxygen atoms in total. The number of nitrogens with zero attached hydrogens (tertiary/aromatic N) is 1. The molecular weight excluding hydrogens is 292 g/mol. The van der Waals surface area contributed by atoms with E-state index in [1.165, 1.54) is 6.07 Å². The second-order valence-electron chi connectivity index (χ2n) is 2.31. The number of rotatable bonds is 1. The largest absolute Gasteiger partial charge is 0.273 e. The van der Waals surface area contributed by atoms with E-state index >= 15 is 0 Å². The highest BCUT2D eigenvalue weighted by atomic mass is 127. The summed E-state index contributed by atoms with van der Waals surface area (Å²) >= 11 is 7.75. The fraction of sp³-hybridized carbons (Fsp3) is 0.143. The van der Waals surface area contributed by atoms with Gasteiger partial charge in [0, 0.05) is 15.2 Å². The Labute approximate surface area is 88.0 Å². The molecule has 0 saturated heterocycles. The maximum absolute atomic E-state index is 10.4. The van der Waals surface area contributed by atoms with Crippen molar-refractivity contribution in [3.05, 3.63) is 36.4 Å². The van der Waals surface area contributed by atoms with Crippen molar-refractivity contribution in [2.24, 2.45) is 0 Å². The van der Waals surface area contributed by atoms with Crippen LogP contribution in [-0.2, 0) is 0 Å². The van der Waals surface area contributed by atoms with Crippen LogP contribution in [-0.4, -0.2) is 4.92 Å². The van der Waals surface area contributed by atoms with Crippen LogP contribution in [0, 0.1) is 20.6 Å². The maximum Gasteiger partial charge on any atom is 0.273 e. The van der Waals surface area contributed by atoms with E-state index in [4.69, 9.17) is 11.6 Å². The molecule has 1 aromatic rings. The van der Waals surface area contributed by atoms with Crippen molar-refractivity contribution in [2.75, 3.05) is 0 Å². The third-order valence-corrected chi connectivity index (χ3v) is 2.96. The summed E-state index contributed by atoms with van der Waals surface area (Å²) in [5, 5.41) is 10.9. The summed E-state index contributed by atoms with van der Waals surface area (Å²) in [5.74, 6) is 0. The van der Waals surface area contributed by atoms with Crippen LogP contribution >= 0.6 is 34.2 Å². The Kier molecular flexibility index (Phi) is 2.89. The fourth-order valence-electron chi connectivity index (χ4n) is 0.832. The summed E-state index contributed by atoms with van der Waals surface area (Å²) in [7, 11) is 0. The van der Waals surface area contributed by atoms with Gasteiger partial charge in [0.2, 0.25) is 0 Å². The molecule has 0 saturated carbocycles. The summed E-state index contributed by atoms with van der Waals surface area (Å²) in [6, 6.07) is 3.07. The Morgan fingerprint density at radius 2 is 2.17 bits per heavy atom. The zero-order valence-electron chi connectivity index (χ0n) is 6.17. The van der Waals surface area contributed by atoms with E-state index in [0.717, 1.165) is 3.57 Å². The van der Waals surface area contributed by atoms with E-state index in [9.17, 15) is 10.1 Å². The minimum absolute atomic E-state index is 0.0698. The summed E-state index contributed by atoms with van der Waals surface area (Å²) < 4.78 is 0.831. The predicted molar refractivity (Wildman–Crippen MR) is 55.6 cm³/mol. The highest BCUT2D eigenvalue weighted by Gasteiger charge is 2.12. The summed E-state index contributed by atoms with van der Waals surface area (Å²) in [5.41, 5.74) is 0.703. The zero-order valence-corrected chi connectivity index (χ0v) is 9.09. The Balaban J connectivity index is 3.33. The van der Waals surface area contributed by atoms with Crippen molar-refractivity contribution in [3.63, 3.8) is 0 Å². The lowest BCUT2D eigenvalue weighted by Gasteiger charge is -1.99. The molecule has 5 heteroatoms. The molecule has 0 aliphatic carbocycles. The van der Waals surface area contributed by atoms with Gasteiger partial charge in [-0.3, -0.25) is 10.1 Å². The monoisotopic (exact) mass is 297 g/mol. The summed E-state index contributed by atoms with van der Waals surface area (Å²) in [4.78, 5) is 10.00. The molecule has 64 valence electrons. The van der Waals surface area contributed by atoms with Gasteiger partial charge in [-0.15, -0.1) is 0 Å². The molecule has 0 amide bonds. The molecule has 0 fully saturated rings. The van der Waals surface area contributed by atoms with Crippen molar-refractivity contribution in [1.29, 1.82) is 0 Å². The van der Waals surface area contributed by atoms with Gasteiger partial charge in [-0.05, 0) is 35.6 Å². The molecule has 0 unspecified atom stereocenters. The maximum atomic E-state index is 10.4. The molecule has 1 rings (SSSR count). The topological polar surface area (TPSA) is 43.1 Å². The fourth-order valence-corrected chi connectivity index (χ4v) is 1.61. The first-order valence-electron chi connectivity index (χ1n) is 3.12. The second-order valence-corrected chi connectivity index (χ2v) is 3.88. The van der Waals surface area contributed by atoms with Gasteiger partial charge >= 0.3 is 0 Å². The van der Waals surface area contributed by atoms with Gasteiger partial charge in [0.25, 0.3) is 5.69 Å². The molecule has 0 bridgehead atoms. The van der Waals surface area contributed by atoms with Crippen LogP contribution < -0.4 is 0 Å². The average Bonchev–Trinajstić information content (AvgIpc) is 1.96. The van der Waals surface area contributed by atoms with E-state index in [1.807, 2.05) is 22.6 Å². The first kappa shape index (κ1) is 9.73. The van der Waals surface area contributed by atoms with Gasteiger partial charge in [-0.25, -0.2) is 0 Å².